The zero-order valence-corrected chi connectivity index (χ0v) is 13.4. The van der Waals surface area contributed by atoms with E-state index in [0.717, 1.165) is 15.6 Å². The van der Waals surface area contributed by atoms with Crippen molar-refractivity contribution in [2.75, 3.05) is 11.9 Å². The van der Waals surface area contributed by atoms with Gasteiger partial charge in [0.15, 0.2) is 6.61 Å². The molecule has 0 unspecified atom stereocenters. The van der Waals surface area contributed by atoms with E-state index in [2.05, 4.69) is 5.32 Å². The molecule has 0 radical (unpaired) electrons. The van der Waals surface area contributed by atoms with E-state index in [-0.39, 0.29) is 12.5 Å². The molecule has 0 fully saturated rings. The molecule has 0 aliphatic rings. The number of carbonyl (C=O) groups is 2. The van der Waals surface area contributed by atoms with Gasteiger partial charge in [0.25, 0.3) is 5.91 Å². The van der Waals surface area contributed by atoms with E-state index >= 15 is 0 Å². The van der Waals surface area contributed by atoms with Crippen molar-refractivity contribution in [3.05, 3.63) is 64.4 Å². The van der Waals surface area contributed by atoms with Crippen LogP contribution in [0.1, 0.15) is 14.5 Å². The summed E-state index contributed by atoms with van der Waals surface area (Å²) >= 11 is 1.35. The highest BCUT2D eigenvalue weighted by atomic mass is 32.1. The number of rotatable bonds is 4. The first-order valence-electron chi connectivity index (χ1n) is 7.14. The summed E-state index contributed by atoms with van der Waals surface area (Å²) in [5.41, 5.74) is 0.705. The SMILES string of the molecule is Cc1ccc(C(=O)OCC(=O)Nc2cccc3ccccc23)s1. The van der Waals surface area contributed by atoms with E-state index in [9.17, 15) is 9.59 Å². The van der Waals surface area contributed by atoms with Crippen LogP contribution in [-0.4, -0.2) is 18.5 Å². The topological polar surface area (TPSA) is 55.4 Å². The third-order valence-electron chi connectivity index (χ3n) is 3.34. The van der Waals surface area contributed by atoms with Crippen molar-refractivity contribution in [3.8, 4) is 0 Å². The molecule has 0 saturated carbocycles. The number of benzene rings is 2. The fourth-order valence-electron chi connectivity index (χ4n) is 2.27. The van der Waals surface area contributed by atoms with E-state index < -0.39 is 5.97 Å². The molecule has 2 aromatic carbocycles. The van der Waals surface area contributed by atoms with Crippen molar-refractivity contribution in [2.24, 2.45) is 0 Å². The number of hydrogen-bond acceptors (Lipinski definition) is 4. The minimum atomic E-state index is -0.476. The molecule has 0 spiro atoms. The molecule has 3 aromatic rings. The second-order valence-corrected chi connectivity index (χ2v) is 6.35. The molecule has 3 rings (SSSR count). The van der Waals surface area contributed by atoms with Gasteiger partial charge in [-0.15, -0.1) is 11.3 Å². The molecule has 116 valence electrons. The largest absolute Gasteiger partial charge is 0.451 e. The first-order chi connectivity index (χ1) is 11.1. The number of ether oxygens (including phenoxy) is 1. The summed E-state index contributed by atoms with van der Waals surface area (Å²) < 4.78 is 5.05. The van der Waals surface area contributed by atoms with Gasteiger partial charge < -0.3 is 10.1 Å². The third kappa shape index (κ3) is 3.57. The quantitative estimate of drug-likeness (QED) is 0.738. The van der Waals surface area contributed by atoms with Crippen LogP contribution in [0.2, 0.25) is 0 Å². The first-order valence-corrected chi connectivity index (χ1v) is 7.96. The van der Waals surface area contributed by atoms with Crippen LogP contribution in [-0.2, 0) is 9.53 Å². The average molecular weight is 325 g/mol. The Kier molecular flexibility index (Phi) is 4.39. The monoisotopic (exact) mass is 325 g/mol. The van der Waals surface area contributed by atoms with Gasteiger partial charge in [-0.25, -0.2) is 4.79 Å². The Labute approximate surface area is 137 Å². The summed E-state index contributed by atoms with van der Waals surface area (Å²) in [4.78, 5) is 25.4. The Hall–Kier alpha value is -2.66. The molecule has 1 amide bonds. The maximum Gasteiger partial charge on any atom is 0.348 e. The molecule has 1 N–H and O–H groups in total. The van der Waals surface area contributed by atoms with Crippen molar-refractivity contribution in [1.82, 2.24) is 0 Å². The molecule has 0 aliphatic heterocycles. The van der Waals surface area contributed by atoms with E-state index in [0.29, 0.717) is 10.6 Å². The predicted octanol–water partition coefficient (Wildman–Crippen LogP) is 4.01. The van der Waals surface area contributed by atoms with Gasteiger partial charge in [0, 0.05) is 16.0 Å². The van der Waals surface area contributed by atoms with Gasteiger partial charge in [0.05, 0.1) is 0 Å². The fraction of sp³-hybridized carbons (Fsp3) is 0.111. The highest BCUT2D eigenvalue weighted by molar-refractivity contribution is 7.13. The molecule has 1 heterocycles. The second-order valence-electron chi connectivity index (χ2n) is 5.06. The Morgan fingerprint density at radius 2 is 1.83 bits per heavy atom. The van der Waals surface area contributed by atoms with Crippen LogP contribution in [0.3, 0.4) is 0 Å². The molecule has 5 heteroatoms. The van der Waals surface area contributed by atoms with Crippen LogP contribution in [0, 0.1) is 6.92 Å². The number of aryl methyl sites for hydroxylation is 1. The molecule has 0 bridgehead atoms. The van der Waals surface area contributed by atoms with Gasteiger partial charge >= 0.3 is 5.97 Å². The second kappa shape index (κ2) is 6.62. The first kappa shape index (κ1) is 15.2. The number of thiophene rings is 1. The standard InChI is InChI=1S/C18H15NO3S/c1-12-9-10-16(23-12)18(21)22-11-17(20)19-15-8-4-6-13-5-2-3-7-14(13)15/h2-10H,11H2,1H3,(H,19,20). The smallest absolute Gasteiger partial charge is 0.348 e. The Balaban J connectivity index is 1.64. The predicted molar refractivity (Wildman–Crippen MR) is 91.9 cm³/mol. The molecular weight excluding hydrogens is 310 g/mol. The third-order valence-corrected chi connectivity index (χ3v) is 4.32. The Bertz CT molecular complexity index is 864. The molecule has 0 atom stereocenters. The highest BCUT2D eigenvalue weighted by Crippen LogP contribution is 2.23. The summed E-state index contributed by atoms with van der Waals surface area (Å²) in [6, 6.07) is 17.0. The number of anilines is 1. The number of esters is 1. The van der Waals surface area contributed by atoms with Crippen molar-refractivity contribution in [1.29, 1.82) is 0 Å². The molecule has 0 aliphatic carbocycles. The number of amides is 1. The number of hydrogen-bond donors (Lipinski definition) is 1. The van der Waals surface area contributed by atoms with Gasteiger partial charge in [0.1, 0.15) is 4.88 Å². The summed E-state index contributed by atoms with van der Waals surface area (Å²) in [6.45, 7) is 1.60. The van der Waals surface area contributed by atoms with E-state index in [1.807, 2.05) is 55.5 Å². The van der Waals surface area contributed by atoms with Gasteiger partial charge in [-0.05, 0) is 30.5 Å². The van der Waals surface area contributed by atoms with E-state index in [1.165, 1.54) is 11.3 Å². The minimum absolute atomic E-state index is 0.307. The van der Waals surface area contributed by atoms with Crippen LogP contribution >= 0.6 is 11.3 Å². The summed E-state index contributed by atoms with van der Waals surface area (Å²) in [5, 5.41) is 4.77. The molecule has 4 nitrogen and oxygen atoms in total. The van der Waals surface area contributed by atoms with Gasteiger partial charge in [-0.1, -0.05) is 36.4 Å². The Morgan fingerprint density at radius 1 is 1.04 bits per heavy atom. The molecule has 1 aromatic heterocycles. The lowest BCUT2D eigenvalue weighted by Crippen LogP contribution is -2.20. The van der Waals surface area contributed by atoms with Gasteiger partial charge in [0.2, 0.25) is 0 Å². The summed E-state index contributed by atoms with van der Waals surface area (Å²) in [6.07, 6.45) is 0. The van der Waals surface area contributed by atoms with Crippen LogP contribution in [0.4, 0.5) is 5.69 Å². The summed E-state index contributed by atoms with van der Waals surface area (Å²) in [5.74, 6) is -0.834. The number of carbonyl (C=O) groups excluding carboxylic acids is 2. The lowest BCUT2D eigenvalue weighted by atomic mass is 10.1. The zero-order chi connectivity index (χ0) is 16.2. The minimum Gasteiger partial charge on any atom is -0.451 e. The molecule has 0 saturated heterocycles. The van der Waals surface area contributed by atoms with Crippen LogP contribution < -0.4 is 5.32 Å². The van der Waals surface area contributed by atoms with Crippen LogP contribution in [0.5, 0.6) is 0 Å². The van der Waals surface area contributed by atoms with Crippen molar-refractivity contribution in [2.45, 2.75) is 6.92 Å². The summed E-state index contributed by atoms with van der Waals surface area (Å²) in [7, 11) is 0. The van der Waals surface area contributed by atoms with Crippen molar-refractivity contribution < 1.29 is 14.3 Å². The van der Waals surface area contributed by atoms with Gasteiger partial charge in [-0.2, -0.15) is 0 Å². The van der Waals surface area contributed by atoms with Crippen LogP contribution in [0.25, 0.3) is 10.8 Å². The maximum absolute atomic E-state index is 12.0. The average Bonchev–Trinajstić information content (AvgIpc) is 2.99. The number of nitrogens with one attached hydrogen (secondary N) is 1. The lowest BCUT2D eigenvalue weighted by molar-refractivity contribution is -0.119. The van der Waals surface area contributed by atoms with E-state index in [1.54, 1.807) is 6.07 Å². The highest BCUT2D eigenvalue weighted by Gasteiger charge is 2.12. The normalized spacial score (nSPS) is 10.5. The number of fused-ring (bicyclic) bond motifs is 1. The van der Waals surface area contributed by atoms with Crippen molar-refractivity contribution >= 4 is 39.7 Å². The lowest BCUT2D eigenvalue weighted by Gasteiger charge is -2.09. The van der Waals surface area contributed by atoms with Crippen LogP contribution in [0.15, 0.2) is 54.6 Å². The van der Waals surface area contributed by atoms with Crippen molar-refractivity contribution in [3.63, 3.8) is 0 Å². The Morgan fingerprint density at radius 3 is 2.61 bits per heavy atom. The maximum atomic E-state index is 12.0. The fourth-order valence-corrected chi connectivity index (χ4v) is 3.03. The molecular formula is C18H15NO3S. The molecule has 23 heavy (non-hydrogen) atoms. The zero-order valence-electron chi connectivity index (χ0n) is 12.5. The van der Waals surface area contributed by atoms with Gasteiger partial charge in [-0.3, -0.25) is 4.79 Å². The van der Waals surface area contributed by atoms with E-state index in [4.69, 9.17) is 4.74 Å².